The summed E-state index contributed by atoms with van der Waals surface area (Å²) in [5.74, 6) is -1.04. The van der Waals surface area contributed by atoms with Crippen molar-refractivity contribution in [1.82, 2.24) is 0 Å². The third-order valence-corrected chi connectivity index (χ3v) is 3.13. The molecule has 7 atom stereocenters. The highest BCUT2D eigenvalue weighted by atomic mass is 16.7. The van der Waals surface area contributed by atoms with E-state index in [1.165, 1.54) is 0 Å². The molecule has 0 aromatic heterocycles. The fraction of sp³-hybridized carbons (Fsp3) is 0.909. The lowest BCUT2D eigenvalue weighted by Gasteiger charge is -2.40. The number of aliphatic hydroxyl groups is 7. The van der Waals surface area contributed by atoms with E-state index in [0.29, 0.717) is 0 Å². The number of aliphatic hydroxyl groups excluding tert-OH is 7. The van der Waals surface area contributed by atoms with Gasteiger partial charge in [-0.25, -0.2) is 0 Å². The highest BCUT2D eigenvalue weighted by Crippen LogP contribution is 2.23. The molecule has 0 radical (unpaired) electrons. The van der Waals surface area contributed by atoms with Crippen molar-refractivity contribution < 1.29 is 50.0 Å². The van der Waals surface area contributed by atoms with Crippen LogP contribution in [0.25, 0.3) is 0 Å². The van der Waals surface area contributed by atoms with Crippen molar-refractivity contribution in [2.75, 3.05) is 19.8 Å². The lowest BCUT2D eigenvalue weighted by Crippen LogP contribution is -2.60. The molecule has 10 heteroatoms. The van der Waals surface area contributed by atoms with Crippen LogP contribution >= 0.6 is 0 Å². The summed E-state index contributed by atoms with van der Waals surface area (Å²) >= 11 is 0. The average molecular weight is 312 g/mol. The number of Topliss-reactive ketones (excluding diaryl/α,β-unsaturated/α-hetero) is 1. The molecule has 124 valence electrons. The Balaban J connectivity index is 2.76. The van der Waals surface area contributed by atoms with Gasteiger partial charge in [0.15, 0.2) is 12.1 Å². The van der Waals surface area contributed by atoms with Crippen LogP contribution in [0.5, 0.6) is 0 Å². The van der Waals surface area contributed by atoms with Crippen molar-refractivity contribution in [2.24, 2.45) is 0 Å². The van der Waals surface area contributed by atoms with Crippen LogP contribution in [0.2, 0.25) is 0 Å². The Bertz CT molecular complexity index is 335. The Morgan fingerprint density at radius 2 is 1.67 bits per heavy atom. The standard InChI is InChI=1S/C11H20O10/c12-1-4(15)7(16)5(2-13)20-11-10(19)9(18)8(17)6(3-14)21-11/h4-6,8-15,17-19H,1-3H2/t4-,5+,6+,8-,9-,10+,11?/m0/s1. The van der Waals surface area contributed by atoms with Gasteiger partial charge >= 0.3 is 0 Å². The fourth-order valence-electron chi connectivity index (χ4n) is 1.85. The summed E-state index contributed by atoms with van der Waals surface area (Å²) in [7, 11) is 0. The van der Waals surface area contributed by atoms with Gasteiger partial charge in [-0.1, -0.05) is 0 Å². The van der Waals surface area contributed by atoms with Crippen LogP contribution in [0.3, 0.4) is 0 Å². The van der Waals surface area contributed by atoms with Gasteiger partial charge in [0, 0.05) is 0 Å². The van der Waals surface area contributed by atoms with E-state index in [2.05, 4.69) is 0 Å². The van der Waals surface area contributed by atoms with Gasteiger partial charge in [0.2, 0.25) is 0 Å². The van der Waals surface area contributed by atoms with E-state index >= 15 is 0 Å². The first-order valence-electron chi connectivity index (χ1n) is 6.26. The molecule has 1 aliphatic rings. The second kappa shape index (κ2) is 8.08. The molecule has 1 aliphatic heterocycles. The normalized spacial score (nSPS) is 36.2. The SMILES string of the molecule is O=C([C@@H](O)CO)[C@@H](CO)OC1O[C@H](CO)[C@H](O)[C@H](O)[C@H]1O. The first kappa shape index (κ1) is 18.4. The summed E-state index contributed by atoms with van der Waals surface area (Å²) in [5.41, 5.74) is 0. The first-order chi connectivity index (χ1) is 9.87. The van der Waals surface area contributed by atoms with Gasteiger partial charge < -0.3 is 45.2 Å². The number of carbonyl (C=O) groups is 1. The Morgan fingerprint density at radius 1 is 1.05 bits per heavy atom. The smallest absolute Gasteiger partial charge is 0.194 e. The van der Waals surface area contributed by atoms with Crippen molar-refractivity contribution in [1.29, 1.82) is 0 Å². The van der Waals surface area contributed by atoms with Crippen LogP contribution in [-0.2, 0) is 14.3 Å². The highest BCUT2D eigenvalue weighted by molar-refractivity contribution is 5.87. The van der Waals surface area contributed by atoms with Gasteiger partial charge in [0.1, 0.15) is 36.6 Å². The van der Waals surface area contributed by atoms with Crippen LogP contribution < -0.4 is 0 Å². The van der Waals surface area contributed by atoms with E-state index in [-0.39, 0.29) is 0 Å². The van der Waals surface area contributed by atoms with Crippen molar-refractivity contribution in [3.63, 3.8) is 0 Å². The molecule has 7 N–H and O–H groups in total. The highest BCUT2D eigenvalue weighted by Gasteiger charge is 2.45. The molecule has 0 aliphatic carbocycles. The van der Waals surface area contributed by atoms with E-state index in [0.717, 1.165) is 0 Å². The molecule has 0 spiro atoms. The minimum absolute atomic E-state index is 0.679. The first-order valence-corrected chi connectivity index (χ1v) is 6.26. The van der Waals surface area contributed by atoms with Gasteiger partial charge in [0.05, 0.1) is 19.8 Å². The van der Waals surface area contributed by atoms with Crippen molar-refractivity contribution in [2.45, 2.75) is 42.9 Å². The molecule has 1 saturated heterocycles. The van der Waals surface area contributed by atoms with Crippen molar-refractivity contribution in [3.8, 4) is 0 Å². The van der Waals surface area contributed by atoms with E-state index in [9.17, 15) is 25.2 Å². The van der Waals surface area contributed by atoms with Crippen LogP contribution in [0.1, 0.15) is 0 Å². The van der Waals surface area contributed by atoms with E-state index < -0.39 is 68.5 Å². The molecule has 0 saturated carbocycles. The predicted molar refractivity (Wildman–Crippen MR) is 63.8 cm³/mol. The summed E-state index contributed by atoms with van der Waals surface area (Å²) < 4.78 is 9.95. The number of rotatable bonds is 7. The fourth-order valence-corrected chi connectivity index (χ4v) is 1.85. The van der Waals surface area contributed by atoms with Gasteiger partial charge in [-0.15, -0.1) is 0 Å². The minimum atomic E-state index is -1.79. The Morgan fingerprint density at radius 3 is 2.14 bits per heavy atom. The van der Waals surface area contributed by atoms with Crippen LogP contribution in [-0.4, -0.2) is 104 Å². The Kier molecular flexibility index (Phi) is 7.06. The average Bonchev–Trinajstić information content (AvgIpc) is 2.50. The van der Waals surface area contributed by atoms with Crippen LogP contribution in [0.4, 0.5) is 0 Å². The summed E-state index contributed by atoms with van der Waals surface area (Å²) in [6.45, 7) is -2.43. The zero-order valence-electron chi connectivity index (χ0n) is 11.0. The second-order valence-corrected chi connectivity index (χ2v) is 4.61. The van der Waals surface area contributed by atoms with Gasteiger partial charge in [-0.2, -0.15) is 0 Å². The number of carbonyl (C=O) groups excluding carboxylic acids is 1. The topological polar surface area (TPSA) is 177 Å². The maximum absolute atomic E-state index is 11.6. The molecule has 21 heavy (non-hydrogen) atoms. The van der Waals surface area contributed by atoms with Gasteiger partial charge in [0.25, 0.3) is 0 Å². The zero-order chi connectivity index (χ0) is 16.2. The quantitative estimate of drug-likeness (QED) is 0.241. The van der Waals surface area contributed by atoms with Crippen LogP contribution in [0, 0.1) is 0 Å². The number of hydrogen-bond donors (Lipinski definition) is 7. The third-order valence-electron chi connectivity index (χ3n) is 3.13. The maximum Gasteiger partial charge on any atom is 0.194 e. The number of ketones is 1. The second-order valence-electron chi connectivity index (χ2n) is 4.61. The number of ether oxygens (including phenoxy) is 2. The molecular formula is C11H20O10. The molecule has 10 nitrogen and oxygen atoms in total. The van der Waals surface area contributed by atoms with Crippen LogP contribution in [0.15, 0.2) is 0 Å². The zero-order valence-corrected chi connectivity index (χ0v) is 11.0. The lowest BCUT2D eigenvalue weighted by molar-refractivity contribution is -0.310. The predicted octanol–water partition coefficient (Wildman–Crippen LogP) is -4.91. The largest absolute Gasteiger partial charge is 0.394 e. The summed E-state index contributed by atoms with van der Waals surface area (Å²) in [4.78, 5) is 11.6. The molecule has 0 amide bonds. The molecule has 1 heterocycles. The van der Waals surface area contributed by atoms with Gasteiger partial charge in [-0.05, 0) is 0 Å². The molecule has 1 fully saturated rings. The molecule has 1 rings (SSSR count). The summed E-state index contributed by atoms with van der Waals surface area (Å²) in [6.07, 6.45) is -11.3. The van der Waals surface area contributed by atoms with E-state index in [4.69, 9.17) is 24.8 Å². The molecule has 0 aromatic rings. The summed E-state index contributed by atoms with van der Waals surface area (Å²) in [5, 5.41) is 64.7. The Hall–Kier alpha value is -0.690. The molecule has 1 unspecified atom stereocenters. The molecule has 0 aromatic carbocycles. The summed E-state index contributed by atoms with van der Waals surface area (Å²) in [6, 6.07) is 0. The molecular weight excluding hydrogens is 292 g/mol. The van der Waals surface area contributed by atoms with Gasteiger partial charge in [-0.3, -0.25) is 4.79 Å². The maximum atomic E-state index is 11.6. The third kappa shape index (κ3) is 4.16. The minimum Gasteiger partial charge on any atom is -0.394 e. The van der Waals surface area contributed by atoms with Crippen molar-refractivity contribution >= 4 is 5.78 Å². The monoisotopic (exact) mass is 312 g/mol. The van der Waals surface area contributed by atoms with E-state index in [1.54, 1.807) is 0 Å². The molecule has 0 bridgehead atoms. The van der Waals surface area contributed by atoms with E-state index in [1.807, 2.05) is 0 Å². The lowest BCUT2D eigenvalue weighted by atomic mass is 9.99. The Labute approximate surface area is 119 Å². The van der Waals surface area contributed by atoms with Crippen molar-refractivity contribution in [3.05, 3.63) is 0 Å². The number of hydrogen-bond acceptors (Lipinski definition) is 10.